The first-order chi connectivity index (χ1) is 15.9. The summed E-state index contributed by atoms with van der Waals surface area (Å²) in [6.07, 6.45) is 14.2. The number of hydrogen-bond donors (Lipinski definition) is 0. The number of unbranched alkanes of at least 4 members (excludes halogenated alkanes) is 9. The fraction of sp³-hybridized carbons (Fsp3) is 0.889. The van der Waals surface area contributed by atoms with Crippen LogP contribution in [-0.4, -0.2) is 37.7 Å². The Bertz CT molecular complexity index is 519. The number of rotatable bonds is 22. The monoisotopic (exact) mass is 470 g/mol. The van der Waals surface area contributed by atoms with Crippen LogP contribution in [0.3, 0.4) is 0 Å². The molecule has 0 amide bonds. The topological polar surface area (TPSA) is 78.9 Å². The molecule has 194 valence electrons. The largest absolute Gasteiger partial charge is 0.465 e. The summed E-state index contributed by atoms with van der Waals surface area (Å²) in [5.41, 5.74) is -0.710. The van der Waals surface area contributed by atoms with E-state index < -0.39 is 5.41 Å². The molecule has 1 atom stereocenters. The highest BCUT2D eigenvalue weighted by Crippen LogP contribution is 2.25. The molecule has 0 aromatic carbocycles. The van der Waals surface area contributed by atoms with Crippen LogP contribution in [0.2, 0.25) is 0 Å². The lowest BCUT2D eigenvalue weighted by Gasteiger charge is -2.31. The second-order valence-corrected chi connectivity index (χ2v) is 9.27. The van der Waals surface area contributed by atoms with Gasteiger partial charge in [-0.3, -0.25) is 14.4 Å². The average Bonchev–Trinajstić information content (AvgIpc) is 2.82. The summed E-state index contributed by atoms with van der Waals surface area (Å²) >= 11 is 0. The maximum atomic E-state index is 12.3. The number of ether oxygens (including phenoxy) is 3. The van der Waals surface area contributed by atoms with Crippen molar-refractivity contribution < 1.29 is 28.6 Å². The second-order valence-electron chi connectivity index (χ2n) is 9.27. The Kier molecular flexibility index (Phi) is 20.0. The van der Waals surface area contributed by atoms with E-state index in [-0.39, 0.29) is 37.7 Å². The summed E-state index contributed by atoms with van der Waals surface area (Å²) in [4.78, 5) is 36.5. The molecule has 0 radical (unpaired) electrons. The Hall–Kier alpha value is -1.59. The van der Waals surface area contributed by atoms with Gasteiger partial charge in [0.1, 0.15) is 19.8 Å². The zero-order chi connectivity index (χ0) is 24.8. The van der Waals surface area contributed by atoms with E-state index in [4.69, 9.17) is 14.2 Å². The molecule has 0 N–H and O–H groups in total. The van der Waals surface area contributed by atoms with Gasteiger partial charge >= 0.3 is 17.9 Å². The molecule has 0 aliphatic carbocycles. The molecule has 33 heavy (non-hydrogen) atoms. The van der Waals surface area contributed by atoms with E-state index in [0.717, 1.165) is 51.4 Å². The van der Waals surface area contributed by atoms with Crippen molar-refractivity contribution in [2.45, 2.75) is 130 Å². The van der Waals surface area contributed by atoms with E-state index in [0.29, 0.717) is 25.7 Å². The summed E-state index contributed by atoms with van der Waals surface area (Å²) in [6, 6.07) is 0. The first-order valence-electron chi connectivity index (χ1n) is 13.4. The number of esters is 3. The fourth-order valence-corrected chi connectivity index (χ4v) is 3.42. The van der Waals surface area contributed by atoms with Gasteiger partial charge in [0, 0.05) is 19.3 Å². The standard InChI is InChI=1S/C27H50O6/c1-5-9-12-13-14-15-17-20-26(30)33-23-27(8-4,21-31-24(28)18-11-7-3)22-32-25(29)19-16-10-6-2/h5-23H2,1-4H3. The number of carbonyl (C=O) groups is 3. The van der Waals surface area contributed by atoms with E-state index in [9.17, 15) is 14.4 Å². The van der Waals surface area contributed by atoms with Crippen molar-refractivity contribution in [2.24, 2.45) is 5.41 Å². The molecular formula is C27H50O6. The van der Waals surface area contributed by atoms with Crippen LogP contribution in [0.1, 0.15) is 130 Å². The van der Waals surface area contributed by atoms with E-state index in [1.54, 1.807) is 0 Å². The highest BCUT2D eigenvalue weighted by atomic mass is 16.6. The zero-order valence-electron chi connectivity index (χ0n) is 21.9. The normalized spacial score (nSPS) is 12.7. The minimum atomic E-state index is -0.710. The lowest BCUT2D eigenvalue weighted by atomic mass is 9.88. The van der Waals surface area contributed by atoms with Gasteiger partial charge in [0.25, 0.3) is 0 Å². The van der Waals surface area contributed by atoms with Crippen molar-refractivity contribution in [3.8, 4) is 0 Å². The minimum Gasteiger partial charge on any atom is -0.465 e. The van der Waals surface area contributed by atoms with Crippen LogP contribution in [0.5, 0.6) is 0 Å². The highest BCUT2D eigenvalue weighted by molar-refractivity contribution is 5.70. The third kappa shape index (κ3) is 17.5. The van der Waals surface area contributed by atoms with Gasteiger partial charge in [-0.05, 0) is 25.7 Å². The molecule has 0 fully saturated rings. The van der Waals surface area contributed by atoms with Gasteiger partial charge in [-0.15, -0.1) is 0 Å². The summed E-state index contributed by atoms with van der Waals surface area (Å²) in [5.74, 6) is -0.765. The Labute approximate surface area is 202 Å². The Balaban J connectivity index is 4.66. The summed E-state index contributed by atoms with van der Waals surface area (Å²) in [7, 11) is 0. The molecule has 0 aliphatic heterocycles. The maximum absolute atomic E-state index is 12.3. The van der Waals surface area contributed by atoms with Crippen LogP contribution < -0.4 is 0 Å². The Morgan fingerprint density at radius 1 is 0.485 bits per heavy atom. The van der Waals surface area contributed by atoms with Gasteiger partial charge in [-0.25, -0.2) is 0 Å². The van der Waals surface area contributed by atoms with Gasteiger partial charge in [0.2, 0.25) is 0 Å². The third-order valence-electron chi connectivity index (χ3n) is 6.07. The SMILES string of the molecule is CCCCCCCCCC(=O)OCC(CC)(COC(=O)CCCC)COC(=O)CCCCC. The predicted molar refractivity (Wildman–Crippen MR) is 132 cm³/mol. The van der Waals surface area contributed by atoms with Gasteiger partial charge < -0.3 is 14.2 Å². The summed E-state index contributed by atoms with van der Waals surface area (Å²) in [5, 5.41) is 0. The van der Waals surface area contributed by atoms with Gasteiger partial charge in [-0.1, -0.05) is 85.5 Å². The van der Waals surface area contributed by atoms with Crippen LogP contribution in [0, 0.1) is 5.41 Å². The average molecular weight is 471 g/mol. The van der Waals surface area contributed by atoms with Crippen LogP contribution >= 0.6 is 0 Å². The van der Waals surface area contributed by atoms with Crippen molar-refractivity contribution in [1.29, 1.82) is 0 Å². The third-order valence-corrected chi connectivity index (χ3v) is 6.07. The molecule has 0 saturated carbocycles. The summed E-state index contributed by atoms with van der Waals surface area (Å²) in [6.45, 7) is 8.50. The van der Waals surface area contributed by atoms with E-state index >= 15 is 0 Å². The number of hydrogen-bond acceptors (Lipinski definition) is 6. The predicted octanol–water partition coefficient (Wildman–Crippen LogP) is 6.92. The molecule has 0 spiro atoms. The molecule has 0 aromatic rings. The molecule has 6 nitrogen and oxygen atoms in total. The lowest BCUT2D eigenvalue weighted by Crippen LogP contribution is -2.39. The molecule has 0 bridgehead atoms. The second kappa shape index (κ2) is 21.0. The van der Waals surface area contributed by atoms with Gasteiger partial charge in [0.05, 0.1) is 5.41 Å². The Morgan fingerprint density at radius 2 is 0.818 bits per heavy atom. The molecule has 0 saturated heterocycles. The molecule has 1 unspecified atom stereocenters. The van der Waals surface area contributed by atoms with Crippen LogP contribution in [0.4, 0.5) is 0 Å². The molecule has 0 aromatic heterocycles. The summed E-state index contributed by atoms with van der Waals surface area (Å²) < 4.78 is 16.6. The number of carbonyl (C=O) groups excluding carboxylic acids is 3. The van der Waals surface area contributed by atoms with Crippen molar-refractivity contribution in [3.05, 3.63) is 0 Å². The first-order valence-corrected chi connectivity index (χ1v) is 13.4. The van der Waals surface area contributed by atoms with Crippen molar-refractivity contribution in [2.75, 3.05) is 19.8 Å². The van der Waals surface area contributed by atoms with Crippen LogP contribution in [0.15, 0.2) is 0 Å². The highest BCUT2D eigenvalue weighted by Gasteiger charge is 2.34. The Morgan fingerprint density at radius 3 is 1.24 bits per heavy atom. The van der Waals surface area contributed by atoms with Crippen molar-refractivity contribution >= 4 is 17.9 Å². The maximum Gasteiger partial charge on any atom is 0.305 e. The van der Waals surface area contributed by atoms with Gasteiger partial charge in [0.15, 0.2) is 0 Å². The lowest BCUT2D eigenvalue weighted by molar-refractivity contribution is -0.162. The fourth-order valence-electron chi connectivity index (χ4n) is 3.42. The minimum absolute atomic E-state index is 0.0823. The van der Waals surface area contributed by atoms with Crippen molar-refractivity contribution in [1.82, 2.24) is 0 Å². The van der Waals surface area contributed by atoms with Crippen molar-refractivity contribution in [3.63, 3.8) is 0 Å². The quantitative estimate of drug-likeness (QED) is 0.0970. The molecular weight excluding hydrogens is 420 g/mol. The van der Waals surface area contributed by atoms with Crippen LogP contribution in [0.25, 0.3) is 0 Å². The molecule has 0 heterocycles. The van der Waals surface area contributed by atoms with E-state index in [1.807, 2.05) is 13.8 Å². The molecule has 6 heteroatoms. The van der Waals surface area contributed by atoms with E-state index in [2.05, 4.69) is 13.8 Å². The van der Waals surface area contributed by atoms with Crippen LogP contribution in [-0.2, 0) is 28.6 Å². The zero-order valence-corrected chi connectivity index (χ0v) is 21.9. The molecule has 0 rings (SSSR count). The smallest absolute Gasteiger partial charge is 0.305 e. The first kappa shape index (κ1) is 31.4. The van der Waals surface area contributed by atoms with Gasteiger partial charge in [-0.2, -0.15) is 0 Å². The molecule has 0 aliphatic rings. The van der Waals surface area contributed by atoms with E-state index in [1.165, 1.54) is 25.7 Å².